The third-order valence-electron chi connectivity index (χ3n) is 2.73. The van der Waals surface area contributed by atoms with Gasteiger partial charge in [-0.25, -0.2) is 4.98 Å². The number of nitro benzene ring substituents is 1. The molecular formula is C11H7F6N3O3. The van der Waals surface area contributed by atoms with Crippen molar-refractivity contribution in [1.82, 2.24) is 9.71 Å². The van der Waals surface area contributed by atoms with Gasteiger partial charge in [0, 0.05) is 6.07 Å². The second kappa shape index (κ2) is 5.28. The summed E-state index contributed by atoms with van der Waals surface area (Å²) in [6.45, 7) is 0.979. The minimum Gasteiger partial charge on any atom is -0.412 e. The van der Waals surface area contributed by atoms with Crippen LogP contribution in [0.5, 0.6) is 0 Å². The van der Waals surface area contributed by atoms with Crippen LogP contribution in [0.3, 0.4) is 0 Å². The maximum Gasteiger partial charge on any atom is 0.453 e. The third kappa shape index (κ3) is 3.00. The molecule has 0 atom stereocenters. The first-order chi connectivity index (χ1) is 10.5. The maximum atomic E-state index is 12.9. The average Bonchev–Trinajstić information content (AvgIpc) is 2.76. The lowest BCUT2D eigenvalue weighted by atomic mass is 10.1. The molecule has 2 rings (SSSR count). The summed E-state index contributed by atoms with van der Waals surface area (Å²) in [5.74, 6) is -1.68. The van der Waals surface area contributed by atoms with Gasteiger partial charge in [0.1, 0.15) is 12.1 Å². The van der Waals surface area contributed by atoms with Crippen molar-refractivity contribution in [3.8, 4) is 0 Å². The number of hydrogen-bond donors (Lipinski definition) is 0. The van der Waals surface area contributed by atoms with Crippen LogP contribution in [0, 0.1) is 10.1 Å². The summed E-state index contributed by atoms with van der Waals surface area (Å²) >= 11 is 0. The van der Waals surface area contributed by atoms with Gasteiger partial charge in [0.2, 0.25) is 0 Å². The minimum absolute atomic E-state index is 0.0254. The molecule has 126 valence electrons. The standard InChI is InChI=1S/C11H7F6N3O3/c1-2-23-19-6-3-5(10(12,13)14)4-7(20(21)22)8(6)18-9(19)11(15,16)17/h3-4H,2H2,1H3. The Morgan fingerprint density at radius 2 is 1.83 bits per heavy atom. The summed E-state index contributed by atoms with van der Waals surface area (Å²) in [7, 11) is 0. The molecule has 1 aromatic carbocycles. The number of rotatable bonds is 3. The van der Waals surface area contributed by atoms with Gasteiger partial charge < -0.3 is 4.84 Å². The van der Waals surface area contributed by atoms with Gasteiger partial charge in [0.15, 0.2) is 5.52 Å². The molecule has 12 heteroatoms. The molecule has 0 aliphatic carbocycles. The number of nitrogens with zero attached hydrogens (tertiary/aromatic N) is 3. The van der Waals surface area contributed by atoms with Gasteiger partial charge in [-0.2, -0.15) is 31.1 Å². The highest BCUT2D eigenvalue weighted by Crippen LogP contribution is 2.38. The maximum absolute atomic E-state index is 12.9. The number of fused-ring (bicyclic) bond motifs is 1. The molecule has 1 aromatic heterocycles. The number of hydrogen-bond acceptors (Lipinski definition) is 4. The fourth-order valence-corrected chi connectivity index (χ4v) is 1.88. The highest BCUT2D eigenvalue weighted by atomic mass is 19.4. The number of halogens is 6. The van der Waals surface area contributed by atoms with Crippen LogP contribution in [-0.4, -0.2) is 21.2 Å². The van der Waals surface area contributed by atoms with Crippen molar-refractivity contribution in [1.29, 1.82) is 0 Å². The number of benzene rings is 1. The Kier molecular flexibility index (Phi) is 3.86. The molecule has 2 aromatic rings. The van der Waals surface area contributed by atoms with Gasteiger partial charge in [-0.1, -0.05) is 0 Å². The highest BCUT2D eigenvalue weighted by molar-refractivity contribution is 5.86. The number of aromatic nitrogens is 2. The van der Waals surface area contributed by atoms with Crippen molar-refractivity contribution in [3.05, 3.63) is 33.6 Å². The fraction of sp³-hybridized carbons (Fsp3) is 0.364. The second-order valence-corrected chi connectivity index (χ2v) is 4.26. The van der Waals surface area contributed by atoms with E-state index in [1.54, 1.807) is 0 Å². The van der Waals surface area contributed by atoms with Crippen LogP contribution in [0.25, 0.3) is 11.0 Å². The first-order valence-electron chi connectivity index (χ1n) is 5.95. The van der Waals surface area contributed by atoms with E-state index in [1.807, 2.05) is 0 Å². The second-order valence-electron chi connectivity index (χ2n) is 4.26. The Hall–Kier alpha value is -2.53. The van der Waals surface area contributed by atoms with Gasteiger partial charge >= 0.3 is 12.4 Å². The van der Waals surface area contributed by atoms with E-state index in [0.29, 0.717) is 6.07 Å². The summed E-state index contributed by atoms with van der Waals surface area (Å²) in [6.07, 6.45) is -10.1. The molecule has 0 saturated heterocycles. The molecular weight excluding hydrogens is 336 g/mol. The quantitative estimate of drug-likeness (QED) is 0.486. The van der Waals surface area contributed by atoms with E-state index in [4.69, 9.17) is 0 Å². The summed E-state index contributed by atoms with van der Waals surface area (Å²) in [5, 5.41) is 10.9. The van der Waals surface area contributed by atoms with Crippen molar-refractivity contribution < 1.29 is 36.1 Å². The normalized spacial score (nSPS) is 12.7. The Morgan fingerprint density at radius 1 is 1.22 bits per heavy atom. The van der Waals surface area contributed by atoms with Crippen molar-refractivity contribution in [3.63, 3.8) is 0 Å². The largest absolute Gasteiger partial charge is 0.453 e. The molecule has 0 aliphatic rings. The zero-order valence-electron chi connectivity index (χ0n) is 11.2. The molecule has 1 heterocycles. The van der Waals surface area contributed by atoms with Crippen molar-refractivity contribution in [2.45, 2.75) is 19.3 Å². The van der Waals surface area contributed by atoms with Crippen molar-refractivity contribution >= 4 is 16.7 Å². The van der Waals surface area contributed by atoms with E-state index < -0.39 is 45.4 Å². The van der Waals surface area contributed by atoms with Crippen LogP contribution in [0.15, 0.2) is 12.1 Å². The van der Waals surface area contributed by atoms with Gasteiger partial charge in [0.05, 0.1) is 10.5 Å². The summed E-state index contributed by atoms with van der Waals surface area (Å²) in [6, 6.07) is 0.450. The predicted molar refractivity (Wildman–Crippen MR) is 63.5 cm³/mol. The van der Waals surface area contributed by atoms with Gasteiger partial charge in [-0.05, 0) is 13.0 Å². The zero-order chi connectivity index (χ0) is 17.6. The Balaban J connectivity index is 2.92. The van der Waals surface area contributed by atoms with Crippen LogP contribution in [0.2, 0.25) is 0 Å². The molecule has 0 radical (unpaired) electrons. The Labute approximate surface area is 123 Å². The lowest BCUT2D eigenvalue weighted by Crippen LogP contribution is -2.21. The van der Waals surface area contributed by atoms with Gasteiger partial charge in [-0.15, -0.1) is 0 Å². The molecule has 0 N–H and O–H groups in total. The van der Waals surface area contributed by atoms with E-state index in [1.165, 1.54) is 6.92 Å². The number of alkyl halides is 6. The molecule has 0 unspecified atom stereocenters. The van der Waals surface area contributed by atoms with Crippen LogP contribution in [0.4, 0.5) is 32.0 Å². The van der Waals surface area contributed by atoms with E-state index in [2.05, 4.69) is 9.82 Å². The van der Waals surface area contributed by atoms with E-state index in [0.717, 1.165) is 0 Å². The molecule has 0 aliphatic heterocycles. The average molecular weight is 343 g/mol. The predicted octanol–water partition coefficient (Wildman–Crippen LogP) is 3.43. The van der Waals surface area contributed by atoms with Gasteiger partial charge in [-0.3, -0.25) is 10.1 Å². The summed E-state index contributed by atoms with van der Waals surface area (Å²) < 4.78 is 77.2. The highest BCUT2D eigenvalue weighted by Gasteiger charge is 2.41. The smallest absolute Gasteiger partial charge is 0.412 e. The van der Waals surface area contributed by atoms with E-state index in [-0.39, 0.29) is 17.4 Å². The molecule has 0 fully saturated rings. The summed E-state index contributed by atoms with van der Waals surface area (Å²) in [5.41, 5.74) is -4.31. The number of nitro groups is 1. The van der Waals surface area contributed by atoms with Crippen LogP contribution in [-0.2, 0) is 12.4 Å². The van der Waals surface area contributed by atoms with Crippen molar-refractivity contribution in [2.24, 2.45) is 0 Å². The third-order valence-corrected chi connectivity index (χ3v) is 2.73. The van der Waals surface area contributed by atoms with E-state index in [9.17, 15) is 36.5 Å². The topological polar surface area (TPSA) is 70.2 Å². The monoisotopic (exact) mass is 343 g/mol. The molecule has 0 saturated carbocycles. The van der Waals surface area contributed by atoms with E-state index >= 15 is 0 Å². The molecule has 0 bridgehead atoms. The van der Waals surface area contributed by atoms with Crippen LogP contribution < -0.4 is 4.84 Å². The molecule has 6 nitrogen and oxygen atoms in total. The molecule has 23 heavy (non-hydrogen) atoms. The minimum atomic E-state index is -5.07. The first kappa shape index (κ1) is 16.8. The Morgan fingerprint density at radius 3 is 2.26 bits per heavy atom. The lowest BCUT2D eigenvalue weighted by molar-refractivity contribution is -0.383. The zero-order valence-corrected chi connectivity index (χ0v) is 11.2. The van der Waals surface area contributed by atoms with Crippen LogP contribution in [0.1, 0.15) is 18.3 Å². The summed E-state index contributed by atoms with van der Waals surface area (Å²) in [4.78, 5) is 17.4. The number of imidazole rings is 1. The van der Waals surface area contributed by atoms with Crippen molar-refractivity contribution in [2.75, 3.05) is 6.61 Å². The molecule has 0 amide bonds. The number of non-ortho nitro benzene ring substituents is 1. The SMILES string of the molecule is CCOn1c(C(F)(F)F)nc2c([N+](=O)[O-])cc(C(F)(F)F)cc21. The molecule has 0 spiro atoms. The first-order valence-corrected chi connectivity index (χ1v) is 5.95. The lowest BCUT2D eigenvalue weighted by Gasteiger charge is -2.11. The Bertz CT molecular complexity index is 765. The van der Waals surface area contributed by atoms with Gasteiger partial charge in [0.25, 0.3) is 11.5 Å². The fourth-order valence-electron chi connectivity index (χ4n) is 1.88. The van der Waals surface area contributed by atoms with Crippen LogP contribution >= 0.6 is 0 Å².